The largest absolute Gasteiger partial charge is 0.343 e. The Hall–Kier alpha value is -1.11. The van der Waals surface area contributed by atoms with Crippen molar-refractivity contribution in [1.29, 1.82) is 0 Å². The summed E-state index contributed by atoms with van der Waals surface area (Å²) in [5.74, 6) is -0.153. The van der Waals surface area contributed by atoms with Crippen molar-refractivity contribution >= 4 is 34.4 Å². The molecule has 1 unspecified atom stereocenters. The molecule has 2 rings (SSSR count). The average Bonchev–Trinajstić information content (AvgIpc) is 2.52. The minimum atomic E-state index is -0.182. The second kappa shape index (κ2) is 7.77. The van der Waals surface area contributed by atoms with Crippen LogP contribution >= 0.6 is 22.6 Å². The van der Waals surface area contributed by atoms with Gasteiger partial charge in [0.05, 0.1) is 12.1 Å². The number of halogens is 1. The number of carbonyl (C=O) groups is 2. The van der Waals surface area contributed by atoms with Gasteiger partial charge in [0.25, 0.3) is 5.91 Å². The molecule has 1 saturated heterocycles. The van der Waals surface area contributed by atoms with Gasteiger partial charge < -0.3 is 10.2 Å². The molecule has 1 aliphatic heterocycles. The second-order valence-electron chi connectivity index (χ2n) is 5.31. The van der Waals surface area contributed by atoms with Gasteiger partial charge in [0.15, 0.2) is 0 Å². The van der Waals surface area contributed by atoms with Crippen molar-refractivity contribution in [3.63, 3.8) is 0 Å². The monoisotopic (exact) mass is 400 g/mol. The minimum absolute atomic E-state index is 0.0286. The number of rotatable bonds is 4. The summed E-state index contributed by atoms with van der Waals surface area (Å²) in [6.45, 7) is 3.01. The first kappa shape index (κ1) is 16.3. The predicted octanol–water partition coefficient (Wildman–Crippen LogP) is 2.81. The topological polar surface area (TPSA) is 49.4 Å². The van der Waals surface area contributed by atoms with E-state index in [4.69, 9.17) is 0 Å². The van der Waals surface area contributed by atoms with Crippen LogP contribution in [-0.2, 0) is 4.79 Å². The maximum atomic E-state index is 12.3. The lowest BCUT2D eigenvalue weighted by atomic mass is 10.00. The standard InChI is InChI=1S/C16H21IN2O2/c1-2-12-7-5-6-10-19(12)15(20)11-18-16(21)13-8-3-4-9-14(13)17/h3-4,8-9,12H,2,5-7,10-11H2,1H3,(H,18,21). The first-order chi connectivity index (χ1) is 10.1. The molecule has 4 nitrogen and oxygen atoms in total. The predicted molar refractivity (Wildman–Crippen MR) is 91.1 cm³/mol. The lowest BCUT2D eigenvalue weighted by Crippen LogP contribution is -2.47. The van der Waals surface area contributed by atoms with Crippen LogP contribution in [0.5, 0.6) is 0 Å². The Morgan fingerprint density at radius 3 is 2.81 bits per heavy atom. The fourth-order valence-electron chi connectivity index (χ4n) is 2.75. The van der Waals surface area contributed by atoms with Crippen LogP contribution in [0.3, 0.4) is 0 Å². The molecule has 1 aliphatic rings. The third kappa shape index (κ3) is 4.18. The highest BCUT2D eigenvalue weighted by molar-refractivity contribution is 14.1. The molecule has 0 saturated carbocycles. The molecule has 0 aliphatic carbocycles. The van der Waals surface area contributed by atoms with E-state index in [1.807, 2.05) is 23.1 Å². The van der Waals surface area contributed by atoms with E-state index in [1.165, 1.54) is 6.42 Å². The van der Waals surface area contributed by atoms with Crippen LogP contribution < -0.4 is 5.32 Å². The third-order valence-electron chi connectivity index (χ3n) is 3.94. The summed E-state index contributed by atoms with van der Waals surface area (Å²) in [5, 5.41) is 2.75. The maximum absolute atomic E-state index is 12.3. The summed E-state index contributed by atoms with van der Waals surface area (Å²) < 4.78 is 0.893. The molecular formula is C16H21IN2O2. The van der Waals surface area contributed by atoms with Gasteiger partial charge in [0.1, 0.15) is 0 Å². The minimum Gasteiger partial charge on any atom is -0.343 e. The molecule has 0 bridgehead atoms. The van der Waals surface area contributed by atoms with Crippen LogP contribution in [0.1, 0.15) is 43.0 Å². The number of hydrogen-bond acceptors (Lipinski definition) is 2. The summed E-state index contributed by atoms with van der Waals surface area (Å²) in [7, 11) is 0. The average molecular weight is 400 g/mol. The van der Waals surface area contributed by atoms with Crippen LogP contribution in [-0.4, -0.2) is 35.8 Å². The summed E-state index contributed by atoms with van der Waals surface area (Å²) in [6.07, 6.45) is 4.31. The number of piperidine rings is 1. The normalized spacial score (nSPS) is 18.4. The van der Waals surface area contributed by atoms with Gasteiger partial charge >= 0.3 is 0 Å². The zero-order valence-electron chi connectivity index (χ0n) is 12.3. The van der Waals surface area contributed by atoms with Gasteiger partial charge in [-0.05, 0) is 60.4 Å². The molecule has 2 amide bonds. The van der Waals surface area contributed by atoms with Gasteiger partial charge in [-0.25, -0.2) is 0 Å². The van der Waals surface area contributed by atoms with Crippen molar-refractivity contribution in [2.45, 2.75) is 38.6 Å². The van der Waals surface area contributed by atoms with Gasteiger partial charge in [-0.3, -0.25) is 9.59 Å². The van der Waals surface area contributed by atoms with Crippen molar-refractivity contribution in [3.05, 3.63) is 33.4 Å². The van der Waals surface area contributed by atoms with E-state index >= 15 is 0 Å². The quantitative estimate of drug-likeness (QED) is 0.791. The molecule has 114 valence electrons. The smallest absolute Gasteiger partial charge is 0.252 e. The van der Waals surface area contributed by atoms with Gasteiger partial charge in [0, 0.05) is 16.2 Å². The summed E-state index contributed by atoms with van der Waals surface area (Å²) in [6, 6.07) is 7.71. The first-order valence-electron chi connectivity index (χ1n) is 7.45. The van der Waals surface area contributed by atoms with E-state index in [-0.39, 0.29) is 18.4 Å². The van der Waals surface area contributed by atoms with Crippen molar-refractivity contribution in [2.24, 2.45) is 0 Å². The van der Waals surface area contributed by atoms with Crippen LogP contribution in [0.15, 0.2) is 24.3 Å². The number of nitrogens with zero attached hydrogens (tertiary/aromatic N) is 1. The molecule has 1 N–H and O–H groups in total. The number of benzene rings is 1. The lowest BCUT2D eigenvalue weighted by molar-refractivity contribution is -0.133. The van der Waals surface area contributed by atoms with Crippen molar-refractivity contribution in [3.8, 4) is 0 Å². The van der Waals surface area contributed by atoms with Gasteiger partial charge in [-0.2, -0.15) is 0 Å². The Morgan fingerprint density at radius 1 is 1.33 bits per heavy atom. The molecule has 1 fully saturated rings. The fourth-order valence-corrected chi connectivity index (χ4v) is 3.38. The van der Waals surface area contributed by atoms with Crippen molar-refractivity contribution in [2.75, 3.05) is 13.1 Å². The molecule has 0 radical (unpaired) electrons. The first-order valence-corrected chi connectivity index (χ1v) is 8.53. The molecule has 1 aromatic carbocycles. The fraction of sp³-hybridized carbons (Fsp3) is 0.500. The SMILES string of the molecule is CCC1CCCCN1C(=O)CNC(=O)c1ccccc1I. The van der Waals surface area contributed by atoms with Crippen LogP contribution in [0.2, 0.25) is 0 Å². The highest BCUT2D eigenvalue weighted by atomic mass is 127. The number of nitrogens with one attached hydrogen (secondary N) is 1. The molecular weight excluding hydrogens is 379 g/mol. The molecule has 1 atom stereocenters. The number of carbonyl (C=O) groups excluding carboxylic acids is 2. The van der Waals surface area contributed by atoms with Gasteiger partial charge in [-0.1, -0.05) is 19.1 Å². The zero-order valence-corrected chi connectivity index (χ0v) is 14.4. The van der Waals surface area contributed by atoms with Crippen molar-refractivity contribution in [1.82, 2.24) is 10.2 Å². The lowest BCUT2D eigenvalue weighted by Gasteiger charge is -2.35. The second-order valence-corrected chi connectivity index (χ2v) is 6.47. The number of hydrogen-bond donors (Lipinski definition) is 1. The van der Waals surface area contributed by atoms with E-state index in [1.54, 1.807) is 6.07 Å². The van der Waals surface area contributed by atoms with E-state index < -0.39 is 0 Å². The van der Waals surface area contributed by atoms with E-state index in [2.05, 4.69) is 34.8 Å². The molecule has 1 aromatic rings. The Labute approximate surface area is 139 Å². The molecule has 5 heteroatoms. The van der Waals surface area contributed by atoms with Crippen molar-refractivity contribution < 1.29 is 9.59 Å². The molecule has 1 heterocycles. The van der Waals surface area contributed by atoms with E-state index in [0.717, 1.165) is 29.4 Å². The Kier molecular flexibility index (Phi) is 6.02. The molecule has 0 spiro atoms. The highest BCUT2D eigenvalue weighted by Crippen LogP contribution is 2.19. The Balaban J connectivity index is 1.91. The molecule has 21 heavy (non-hydrogen) atoms. The summed E-state index contributed by atoms with van der Waals surface area (Å²) >= 11 is 2.13. The van der Waals surface area contributed by atoms with E-state index in [9.17, 15) is 9.59 Å². The van der Waals surface area contributed by atoms with E-state index in [0.29, 0.717) is 11.6 Å². The number of likely N-dealkylation sites (tertiary alicyclic amines) is 1. The third-order valence-corrected chi connectivity index (χ3v) is 4.88. The Morgan fingerprint density at radius 2 is 2.10 bits per heavy atom. The zero-order chi connectivity index (χ0) is 15.2. The summed E-state index contributed by atoms with van der Waals surface area (Å²) in [5.41, 5.74) is 0.622. The van der Waals surface area contributed by atoms with Crippen LogP contribution in [0.4, 0.5) is 0 Å². The van der Waals surface area contributed by atoms with Crippen LogP contribution in [0.25, 0.3) is 0 Å². The Bertz CT molecular complexity index is 519. The molecule has 0 aromatic heterocycles. The maximum Gasteiger partial charge on any atom is 0.252 e. The van der Waals surface area contributed by atoms with Gasteiger partial charge in [-0.15, -0.1) is 0 Å². The van der Waals surface area contributed by atoms with Gasteiger partial charge in [0.2, 0.25) is 5.91 Å². The number of amides is 2. The highest BCUT2D eigenvalue weighted by Gasteiger charge is 2.25. The summed E-state index contributed by atoms with van der Waals surface area (Å²) in [4.78, 5) is 26.3. The van der Waals surface area contributed by atoms with Crippen LogP contribution in [0, 0.1) is 3.57 Å².